The van der Waals surface area contributed by atoms with Gasteiger partial charge in [-0.25, -0.2) is 4.98 Å². The van der Waals surface area contributed by atoms with Gasteiger partial charge in [-0.05, 0) is 65.7 Å². The molecule has 7 heteroatoms. The maximum absolute atomic E-state index is 11.9. The lowest BCUT2D eigenvalue weighted by atomic mass is 10.0. The Bertz CT molecular complexity index is 1180. The van der Waals surface area contributed by atoms with Crippen molar-refractivity contribution in [2.75, 3.05) is 5.32 Å². The van der Waals surface area contributed by atoms with Crippen LogP contribution in [0.2, 0.25) is 0 Å². The largest absolute Gasteiger partial charge is 0.459 e. The molecular weight excluding hydrogens is 398 g/mol. The fraction of sp³-hybridized carbons (Fsp3) is 0.174. The summed E-state index contributed by atoms with van der Waals surface area (Å²) in [5.41, 5.74) is 4.75. The number of fused-ring (bicyclic) bond motifs is 1. The summed E-state index contributed by atoms with van der Waals surface area (Å²) in [6.45, 7) is 4.32. The summed E-state index contributed by atoms with van der Waals surface area (Å²) in [5.74, 6) is 0.927. The third kappa shape index (κ3) is 4.58. The number of aromatic nitrogens is 1. The first kappa shape index (κ1) is 19.8. The highest BCUT2D eigenvalue weighted by Crippen LogP contribution is 2.23. The molecule has 0 saturated heterocycles. The van der Waals surface area contributed by atoms with Crippen LogP contribution >= 0.6 is 12.2 Å². The van der Waals surface area contributed by atoms with Gasteiger partial charge in [-0.15, -0.1) is 0 Å². The number of benzene rings is 2. The highest BCUT2D eigenvalue weighted by Gasteiger charge is 2.11. The first-order valence-electron chi connectivity index (χ1n) is 9.62. The van der Waals surface area contributed by atoms with E-state index < -0.39 is 5.91 Å². The zero-order valence-corrected chi connectivity index (χ0v) is 17.5. The third-order valence-corrected chi connectivity index (χ3v) is 4.87. The van der Waals surface area contributed by atoms with Crippen molar-refractivity contribution in [3.05, 3.63) is 83.6 Å². The fourth-order valence-corrected chi connectivity index (χ4v) is 3.25. The van der Waals surface area contributed by atoms with Gasteiger partial charge in [-0.1, -0.05) is 32.0 Å². The Morgan fingerprint density at radius 3 is 2.63 bits per heavy atom. The number of furan rings is 1. The number of hydrogen-bond acceptors (Lipinski definition) is 5. The second-order valence-corrected chi connectivity index (χ2v) is 7.66. The van der Waals surface area contributed by atoms with Crippen LogP contribution in [0.15, 0.2) is 69.7 Å². The Balaban J connectivity index is 1.38. The highest BCUT2D eigenvalue weighted by molar-refractivity contribution is 7.80. The molecule has 4 rings (SSSR count). The smallest absolute Gasteiger partial charge is 0.293 e. The molecule has 0 aliphatic carbocycles. The van der Waals surface area contributed by atoms with Gasteiger partial charge in [0, 0.05) is 12.1 Å². The summed E-state index contributed by atoms with van der Waals surface area (Å²) in [6.07, 6.45) is 2.02. The average Bonchev–Trinajstić information content (AvgIpc) is 3.38. The number of carbonyl (C=O) groups is 1. The summed E-state index contributed by atoms with van der Waals surface area (Å²) in [4.78, 5) is 16.6. The monoisotopic (exact) mass is 419 g/mol. The zero-order chi connectivity index (χ0) is 21.1. The average molecular weight is 420 g/mol. The molecule has 2 heterocycles. The van der Waals surface area contributed by atoms with Gasteiger partial charge >= 0.3 is 0 Å². The minimum atomic E-state index is -0.397. The quantitative estimate of drug-likeness (QED) is 0.430. The third-order valence-electron chi connectivity index (χ3n) is 4.66. The van der Waals surface area contributed by atoms with Gasteiger partial charge in [-0.2, -0.15) is 0 Å². The first-order chi connectivity index (χ1) is 14.5. The van der Waals surface area contributed by atoms with E-state index in [4.69, 9.17) is 21.1 Å². The number of oxazole rings is 1. The standard InChI is InChI=1S/C23H21N3O3S/c1-14(2)16-7-10-19-18(13-16)25-21(29-19)12-15-5-8-17(9-6-15)24-23(30)26-22(27)20-4-3-11-28-20/h3-11,13-14H,12H2,1-2H3,(H2,24,26,27,30). The van der Waals surface area contributed by atoms with E-state index in [9.17, 15) is 4.79 Å². The molecule has 0 fully saturated rings. The highest BCUT2D eigenvalue weighted by atomic mass is 32.1. The van der Waals surface area contributed by atoms with E-state index in [0.717, 1.165) is 22.4 Å². The van der Waals surface area contributed by atoms with E-state index in [0.29, 0.717) is 18.2 Å². The van der Waals surface area contributed by atoms with E-state index in [1.807, 2.05) is 30.3 Å². The van der Waals surface area contributed by atoms with Gasteiger partial charge in [0.05, 0.1) is 6.26 Å². The van der Waals surface area contributed by atoms with Gasteiger partial charge in [0.15, 0.2) is 22.3 Å². The molecule has 0 aliphatic rings. The van der Waals surface area contributed by atoms with Crippen molar-refractivity contribution in [3.63, 3.8) is 0 Å². The number of anilines is 1. The summed E-state index contributed by atoms with van der Waals surface area (Å²) in [5, 5.41) is 5.76. The molecule has 0 spiro atoms. The van der Waals surface area contributed by atoms with Crippen molar-refractivity contribution >= 4 is 40.0 Å². The van der Waals surface area contributed by atoms with Crippen LogP contribution < -0.4 is 10.6 Å². The van der Waals surface area contributed by atoms with Crippen LogP contribution in [0.25, 0.3) is 11.1 Å². The number of hydrogen-bond donors (Lipinski definition) is 2. The van der Waals surface area contributed by atoms with Gasteiger partial charge in [-0.3, -0.25) is 10.1 Å². The van der Waals surface area contributed by atoms with E-state index in [1.165, 1.54) is 11.8 Å². The lowest BCUT2D eigenvalue weighted by Crippen LogP contribution is -2.33. The summed E-state index contributed by atoms with van der Waals surface area (Å²) in [7, 11) is 0. The lowest BCUT2D eigenvalue weighted by Gasteiger charge is -2.09. The fourth-order valence-electron chi connectivity index (χ4n) is 3.04. The van der Waals surface area contributed by atoms with E-state index in [2.05, 4.69) is 41.6 Å². The number of amides is 1. The topological polar surface area (TPSA) is 80.3 Å². The van der Waals surface area contributed by atoms with Crippen LogP contribution in [0.5, 0.6) is 0 Å². The minimum Gasteiger partial charge on any atom is -0.459 e. The molecule has 2 aromatic heterocycles. The molecule has 4 aromatic rings. The Hall–Kier alpha value is -3.45. The molecule has 0 atom stereocenters. The summed E-state index contributed by atoms with van der Waals surface area (Å²) < 4.78 is 10.9. The Kier molecular flexibility index (Phi) is 5.63. The number of nitrogens with zero attached hydrogens (tertiary/aromatic N) is 1. The van der Waals surface area contributed by atoms with Crippen LogP contribution in [-0.4, -0.2) is 16.0 Å². The Labute approximate surface area is 179 Å². The van der Waals surface area contributed by atoms with E-state index in [-0.39, 0.29) is 10.9 Å². The van der Waals surface area contributed by atoms with Gasteiger partial charge in [0.2, 0.25) is 0 Å². The van der Waals surface area contributed by atoms with E-state index in [1.54, 1.807) is 12.1 Å². The molecular formula is C23H21N3O3S. The van der Waals surface area contributed by atoms with Crippen LogP contribution in [0.1, 0.15) is 47.3 Å². The normalized spacial score (nSPS) is 11.0. The van der Waals surface area contributed by atoms with Crippen molar-refractivity contribution in [1.82, 2.24) is 10.3 Å². The first-order valence-corrected chi connectivity index (χ1v) is 10.0. The van der Waals surface area contributed by atoms with Crippen molar-refractivity contribution in [1.29, 1.82) is 0 Å². The maximum Gasteiger partial charge on any atom is 0.293 e. The molecule has 30 heavy (non-hydrogen) atoms. The van der Waals surface area contributed by atoms with Crippen LogP contribution in [-0.2, 0) is 6.42 Å². The predicted molar refractivity (Wildman–Crippen MR) is 120 cm³/mol. The minimum absolute atomic E-state index is 0.198. The molecule has 0 bridgehead atoms. The van der Waals surface area contributed by atoms with Gasteiger partial charge in [0.25, 0.3) is 5.91 Å². The second kappa shape index (κ2) is 8.51. The van der Waals surface area contributed by atoms with Gasteiger partial charge in [0.1, 0.15) is 5.52 Å². The molecule has 152 valence electrons. The summed E-state index contributed by atoms with van der Waals surface area (Å²) in [6, 6.07) is 17.1. The number of carbonyl (C=O) groups excluding carboxylic acids is 1. The van der Waals surface area contributed by atoms with Crippen molar-refractivity contribution in [2.45, 2.75) is 26.2 Å². The van der Waals surface area contributed by atoms with Crippen LogP contribution in [0, 0.1) is 0 Å². The van der Waals surface area contributed by atoms with Crippen molar-refractivity contribution < 1.29 is 13.6 Å². The van der Waals surface area contributed by atoms with Crippen molar-refractivity contribution in [2.24, 2.45) is 0 Å². The van der Waals surface area contributed by atoms with Crippen LogP contribution in [0.4, 0.5) is 5.69 Å². The number of thiocarbonyl (C=S) groups is 1. The molecule has 1 amide bonds. The van der Waals surface area contributed by atoms with Crippen molar-refractivity contribution in [3.8, 4) is 0 Å². The van der Waals surface area contributed by atoms with E-state index >= 15 is 0 Å². The zero-order valence-electron chi connectivity index (χ0n) is 16.6. The Morgan fingerprint density at radius 2 is 1.93 bits per heavy atom. The number of nitrogens with one attached hydrogen (secondary N) is 2. The molecule has 2 N–H and O–H groups in total. The predicted octanol–water partition coefficient (Wildman–Crippen LogP) is 5.26. The Morgan fingerprint density at radius 1 is 1.13 bits per heavy atom. The van der Waals surface area contributed by atoms with Crippen LogP contribution in [0.3, 0.4) is 0 Å². The SMILES string of the molecule is CC(C)c1ccc2oc(Cc3ccc(NC(=S)NC(=O)c4ccco4)cc3)nc2c1. The lowest BCUT2D eigenvalue weighted by molar-refractivity contribution is 0.0950. The number of rotatable bonds is 5. The summed E-state index contributed by atoms with van der Waals surface area (Å²) >= 11 is 5.18. The molecule has 0 saturated carbocycles. The van der Waals surface area contributed by atoms with Gasteiger partial charge < -0.3 is 14.2 Å². The molecule has 0 aliphatic heterocycles. The molecule has 0 radical (unpaired) electrons. The molecule has 6 nitrogen and oxygen atoms in total. The molecule has 0 unspecified atom stereocenters. The second-order valence-electron chi connectivity index (χ2n) is 7.25. The molecule has 2 aromatic carbocycles. The maximum atomic E-state index is 11.9.